The van der Waals surface area contributed by atoms with Crippen LogP contribution in [-0.2, 0) is 20.9 Å². The third kappa shape index (κ3) is 5.90. The van der Waals surface area contributed by atoms with Crippen molar-refractivity contribution >= 4 is 23.5 Å². The number of nitrogens with one attached hydrogen (secondary N) is 2. The minimum atomic E-state index is -0.592. The van der Waals surface area contributed by atoms with E-state index < -0.39 is 11.9 Å². The molecule has 0 spiro atoms. The molecule has 2 rings (SSSR count). The van der Waals surface area contributed by atoms with Crippen molar-refractivity contribution < 1.29 is 19.1 Å². The monoisotopic (exact) mass is 352 g/mol. The Morgan fingerprint density at radius 2 is 1.69 bits per heavy atom. The number of rotatable bonds is 7. The van der Waals surface area contributed by atoms with Crippen LogP contribution in [0.5, 0.6) is 0 Å². The van der Waals surface area contributed by atoms with E-state index in [1.807, 2.05) is 19.1 Å². The van der Waals surface area contributed by atoms with Crippen LogP contribution in [0.1, 0.15) is 21.5 Å². The van der Waals surface area contributed by atoms with Crippen molar-refractivity contribution in [2.45, 2.75) is 13.5 Å². The second-order valence-electron chi connectivity index (χ2n) is 5.61. The van der Waals surface area contributed by atoms with Gasteiger partial charge in [0.25, 0.3) is 5.91 Å². The zero-order chi connectivity index (χ0) is 18.9. The van der Waals surface area contributed by atoms with Gasteiger partial charge in [0.2, 0.25) is 5.91 Å². The normalized spacial score (nSPS) is 9.88. The highest BCUT2D eigenvalue weighted by atomic mass is 16.5. The van der Waals surface area contributed by atoms with Crippen molar-refractivity contribution in [3.05, 3.63) is 77.9 Å². The zero-order valence-electron chi connectivity index (χ0n) is 14.5. The number of hydrogen-bond donors (Lipinski definition) is 2. The van der Waals surface area contributed by atoms with Crippen LogP contribution in [0.3, 0.4) is 0 Å². The zero-order valence-corrected chi connectivity index (χ0v) is 14.5. The molecule has 0 atom stereocenters. The number of aryl methyl sites for hydroxylation is 1. The third-order valence-corrected chi connectivity index (χ3v) is 3.51. The molecule has 6 nitrogen and oxygen atoms in total. The lowest BCUT2D eigenvalue weighted by atomic mass is 10.1. The Kier molecular flexibility index (Phi) is 6.68. The highest BCUT2D eigenvalue weighted by Crippen LogP contribution is 2.09. The molecule has 134 valence electrons. The molecular weight excluding hydrogens is 332 g/mol. The van der Waals surface area contributed by atoms with Crippen LogP contribution in [0.2, 0.25) is 0 Å². The number of carbonyl (C=O) groups is 3. The maximum Gasteiger partial charge on any atom is 0.338 e. The summed E-state index contributed by atoms with van der Waals surface area (Å²) in [7, 11) is 0. The van der Waals surface area contributed by atoms with E-state index in [0.29, 0.717) is 17.8 Å². The minimum absolute atomic E-state index is 0.270. The first-order valence-electron chi connectivity index (χ1n) is 8.01. The lowest BCUT2D eigenvalue weighted by Gasteiger charge is -2.08. The van der Waals surface area contributed by atoms with E-state index in [4.69, 9.17) is 4.74 Å². The van der Waals surface area contributed by atoms with Crippen LogP contribution < -0.4 is 10.6 Å². The Morgan fingerprint density at radius 3 is 2.31 bits per heavy atom. The fraction of sp³-hybridized carbons (Fsp3) is 0.150. The smallest absolute Gasteiger partial charge is 0.338 e. The first kappa shape index (κ1) is 18.9. The van der Waals surface area contributed by atoms with Crippen LogP contribution in [-0.4, -0.2) is 24.4 Å². The standard InChI is InChI=1S/C20H20N2O4/c1-3-18(23)21-12-15-6-8-16(9-7-15)20(25)26-13-19(24)22-17-10-4-14(2)5-11-17/h3-11H,1,12-13H2,2H3,(H,21,23)(H,22,24). The molecule has 0 saturated carbocycles. The van der Waals surface area contributed by atoms with Crippen LogP contribution in [0.4, 0.5) is 5.69 Å². The van der Waals surface area contributed by atoms with Gasteiger partial charge in [-0.05, 0) is 42.8 Å². The van der Waals surface area contributed by atoms with Crippen molar-refractivity contribution in [1.82, 2.24) is 5.32 Å². The molecule has 0 aliphatic rings. The molecule has 0 unspecified atom stereocenters. The lowest BCUT2D eigenvalue weighted by molar-refractivity contribution is -0.119. The van der Waals surface area contributed by atoms with Gasteiger partial charge in [0, 0.05) is 12.2 Å². The third-order valence-electron chi connectivity index (χ3n) is 3.51. The largest absolute Gasteiger partial charge is 0.452 e. The van der Waals surface area contributed by atoms with Gasteiger partial charge in [0.1, 0.15) is 0 Å². The molecule has 0 aliphatic carbocycles. The summed E-state index contributed by atoms with van der Waals surface area (Å²) in [6, 6.07) is 13.9. The van der Waals surface area contributed by atoms with Gasteiger partial charge >= 0.3 is 5.97 Å². The molecule has 0 heterocycles. The van der Waals surface area contributed by atoms with E-state index in [0.717, 1.165) is 11.1 Å². The number of hydrogen-bond acceptors (Lipinski definition) is 4. The maximum absolute atomic E-state index is 12.0. The molecule has 6 heteroatoms. The van der Waals surface area contributed by atoms with Crippen molar-refractivity contribution in [3.8, 4) is 0 Å². The summed E-state index contributed by atoms with van der Waals surface area (Å²) in [5.41, 5.74) is 2.88. The minimum Gasteiger partial charge on any atom is -0.452 e. The van der Waals surface area contributed by atoms with Crippen LogP contribution in [0.25, 0.3) is 0 Å². The van der Waals surface area contributed by atoms with E-state index in [-0.39, 0.29) is 12.5 Å². The summed E-state index contributed by atoms with van der Waals surface area (Å²) in [5.74, 6) is -1.27. The van der Waals surface area contributed by atoms with Crippen LogP contribution >= 0.6 is 0 Å². The maximum atomic E-state index is 12.0. The number of ether oxygens (including phenoxy) is 1. The predicted octanol–water partition coefficient (Wildman–Crippen LogP) is 2.59. The van der Waals surface area contributed by atoms with Crippen molar-refractivity contribution in [3.63, 3.8) is 0 Å². The molecule has 0 bridgehead atoms. The fourth-order valence-corrected chi connectivity index (χ4v) is 2.07. The van der Waals surface area contributed by atoms with Gasteiger partial charge < -0.3 is 15.4 Å². The summed E-state index contributed by atoms with van der Waals surface area (Å²) < 4.78 is 5.01. The van der Waals surface area contributed by atoms with Gasteiger partial charge in [-0.15, -0.1) is 0 Å². The molecule has 26 heavy (non-hydrogen) atoms. The molecule has 2 N–H and O–H groups in total. The highest BCUT2D eigenvalue weighted by Gasteiger charge is 2.10. The van der Waals surface area contributed by atoms with E-state index in [1.165, 1.54) is 6.08 Å². The molecule has 2 amide bonds. The summed E-state index contributed by atoms with van der Waals surface area (Å²) >= 11 is 0. The molecule has 0 aliphatic heterocycles. The Labute approximate surface area is 151 Å². The highest BCUT2D eigenvalue weighted by molar-refractivity contribution is 5.95. The lowest BCUT2D eigenvalue weighted by Crippen LogP contribution is -2.21. The summed E-state index contributed by atoms with van der Waals surface area (Å²) in [6.45, 7) is 5.28. The number of benzene rings is 2. The van der Waals surface area contributed by atoms with Crippen LogP contribution in [0.15, 0.2) is 61.2 Å². The SMILES string of the molecule is C=CC(=O)NCc1ccc(C(=O)OCC(=O)Nc2ccc(C)cc2)cc1. The fourth-order valence-electron chi connectivity index (χ4n) is 2.07. The quantitative estimate of drug-likeness (QED) is 0.592. The number of esters is 1. The van der Waals surface area contributed by atoms with Gasteiger partial charge in [-0.2, -0.15) is 0 Å². The number of carbonyl (C=O) groups excluding carboxylic acids is 3. The predicted molar refractivity (Wildman–Crippen MR) is 98.6 cm³/mol. The van der Waals surface area contributed by atoms with E-state index >= 15 is 0 Å². The Morgan fingerprint density at radius 1 is 1.04 bits per heavy atom. The summed E-state index contributed by atoms with van der Waals surface area (Å²) in [5, 5.41) is 5.29. The number of anilines is 1. The summed E-state index contributed by atoms with van der Waals surface area (Å²) in [6.07, 6.45) is 1.19. The van der Waals surface area contributed by atoms with Gasteiger partial charge in [0.15, 0.2) is 6.61 Å². The average Bonchev–Trinajstić information content (AvgIpc) is 2.66. The van der Waals surface area contributed by atoms with E-state index in [2.05, 4.69) is 17.2 Å². The first-order chi connectivity index (χ1) is 12.5. The van der Waals surface area contributed by atoms with Crippen molar-refractivity contribution in [2.24, 2.45) is 0 Å². The molecule has 0 radical (unpaired) electrons. The molecule has 2 aromatic rings. The molecular formula is C20H20N2O4. The van der Waals surface area contributed by atoms with Gasteiger partial charge in [0.05, 0.1) is 5.56 Å². The average molecular weight is 352 g/mol. The topological polar surface area (TPSA) is 84.5 Å². The second kappa shape index (κ2) is 9.17. The Bertz CT molecular complexity index is 796. The molecule has 2 aromatic carbocycles. The van der Waals surface area contributed by atoms with Crippen molar-refractivity contribution in [1.29, 1.82) is 0 Å². The Balaban J connectivity index is 1.81. The molecule has 0 saturated heterocycles. The van der Waals surface area contributed by atoms with Crippen LogP contribution in [0, 0.1) is 6.92 Å². The van der Waals surface area contributed by atoms with Gasteiger partial charge in [-0.1, -0.05) is 36.4 Å². The Hall–Kier alpha value is -3.41. The second-order valence-corrected chi connectivity index (χ2v) is 5.61. The summed E-state index contributed by atoms with van der Waals surface area (Å²) in [4.78, 5) is 34.9. The first-order valence-corrected chi connectivity index (χ1v) is 8.01. The van der Waals surface area contributed by atoms with Gasteiger partial charge in [-0.3, -0.25) is 9.59 Å². The van der Waals surface area contributed by atoms with E-state index in [9.17, 15) is 14.4 Å². The number of amides is 2. The van der Waals surface area contributed by atoms with Gasteiger partial charge in [-0.25, -0.2) is 4.79 Å². The molecule has 0 fully saturated rings. The molecule has 0 aromatic heterocycles. The van der Waals surface area contributed by atoms with Crippen molar-refractivity contribution in [2.75, 3.05) is 11.9 Å². The van der Waals surface area contributed by atoms with E-state index in [1.54, 1.807) is 36.4 Å².